The second-order valence-corrected chi connectivity index (χ2v) is 5.75. The molecular weight excluding hydrogens is 368 g/mol. The van der Waals surface area contributed by atoms with E-state index in [2.05, 4.69) is 25.9 Å². The highest BCUT2D eigenvalue weighted by atomic mass is 19.1. The fourth-order valence-corrected chi connectivity index (χ4v) is 2.31. The minimum absolute atomic E-state index is 0.0405. The Balaban J connectivity index is 1.67. The molecule has 2 aromatic carbocycles. The topological polar surface area (TPSA) is 96.0 Å². The van der Waals surface area contributed by atoms with Crippen LogP contribution in [0.3, 0.4) is 0 Å². The Morgan fingerprint density at radius 2 is 1.71 bits per heavy atom. The molecule has 0 spiro atoms. The van der Waals surface area contributed by atoms with Gasteiger partial charge in [-0.15, -0.1) is 0 Å². The molecule has 0 fully saturated rings. The van der Waals surface area contributed by atoms with Crippen molar-refractivity contribution in [3.05, 3.63) is 72.2 Å². The Morgan fingerprint density at radius 1 is 0.929 bits per heavy atom. The van der Waals surface area contributed by atoms with Crippen LogP contribution in [0.15, 0.2) is 54.9 Å². The number of amides is 2. The predicted molar refractivity (Wildman–Crippen MR) is 100 cm³/mol. The van der Waals surface area contributed by atoms with Crippen LogP contribution < -0.4 is 16.0 Å². The zero-order valence-corrected chi connectivity index (χ0v) is 14.7. The van der Waals surface area contributed by atoms with E-state index in [-0.39, 0.29) is 17.3 Å². The molecular formula is C19H15F2N5O2. The quantitative estimate of drug-likeness (QED) is 0.624. The van der Waals surface area contributed by atoms with Gasteiger partial charge in [0.15, 0.2) is 0 Å². The Labute approximate surface area is 158 Å². The Kier molecular flexibility index (Phi) is 5.54. The van der Waals surface area contributed by atoms with Crippen LogP contribution in [-0.4, -0.2) is 21.8 Å². The summed E-state index contributed by atoms with van der Waals surface area (Å²) in [6.45, 7) is 1.41. The average molecular weight is 383 g/mol. The lowest BCUT2D eigenvalue weighted by molar-refractivity contribution is -0.114. The van der Waals surface area contributed by atoms with Crippen LogP contribution in [0.5, 0.6) is 0 Å². The number of anilines is 4. The SMILES string of the molecule is CC(=O)Nc1cccc(Nc2cnc(C(=O)Nc3ccc(F)cc3F)cn2)c1. The number of nitrogens with zero attached hydrogens (tertiary/aromatic N) is 2. The van der Waals surface area contributed by atoms with Gasteiger partial charge in [0.05, 0.1) is 18.1 Å². The average Bonchev–Trinajstić information content (AvgIpc) is 2.64. The molecule has 0 atom stereocenters. The van der Waals surface area contributed by atoms with Crippen molar-refractivity contribution >= 4 is 34.7 Å². The molecule has 0 aliphatic rings. The van der Waals surface area contributed by atoms with Gasteiger partial charge >= 0.3 is 0 Å². The summed E-state index contributed by atoms with van der Waals surface area (Å²) in [6, 6.07) is 9.79. The molecule has 2 amide bonds. The molecule has 0 saturated heterocycles. The summed E-state index contributed by atoms with van der Waals surface area (Å²) < 4.78 is 26.5. The van der Waals surface area contributed by atoms with Crippen LogP contribution in [0, 0.1) is 11.6 Å². The zero-order chi connectivity index (χ0) is 20.1. The third kappa shape index (κ3) is 4.85. The van der Waals surface area contributed by atoms with E-state index in [4.69, 9.17) is 0 Å². The van der Waals surface area contributed by atoms with Crippen molar-refractivity contribution in [3.8, 4) is 0 Å². The summed E-state index contributed by atoms with van der Waals surface area (Å²) in [5, 5.41) is 7.96. The van der Waals surface area contributed by atoms with Gasteiger partial charge in [-0.05, 0) is 30.3 Å². The van der Waals surface area contributed by atoms with Crippen LogP contribution in [0.1, 0.15) is 17.4 Å². The summed E-state index contributed by atoms with van der Waals surface area (Å²) in [7, 11) is 0. The maximum atomic E-state index is 13.6. The number of halogens is 2. The first-order valence-electron chi connectivity index (χ1n) is 8.14. The molecule has 3 N–H and O–H groups in total. The molecule has 3 rings (SSSR count). The number of hydrogen-bond donors (Lipinski definition) is 3. The number of hydrogen-bond acceptors (Lipinski definition) is 5. The highest BCUT2D eigenvalue weighted by Gasteiger charge is 2.12. The number of carbonyl (C=O) groups is 2. The molecule has 28 heavy (non-hydrogen) atoms. The highest BCUT2D eigenvalue weighted by molar-refractivity contribution is 6.02. The van der Waals surface area contributed by atoms with Crippen molar-refractivity contribution in [2.45, 2.75) is 6.92 Å². The van der Waals surface area contributed by atoms with E-state index in [0.717, 1.165) is 12.1 Å². The Hall–Kier alpha value is -3.88. The van der Waals surface area contributed by atoms with Gasteiger partial charge in [0.2, 0.25) is 5.91 Å². The second kappa shape index (κ2) is 8.21. The molecule has 0 radical (unpaired) electrons. The van der Waals surface area contributed by atoms with E-state index in [9.17, 15) is 18.4 Å². The van der Waals surface area contributed by atoms with Crippen molar-refractivity contribution in [1.82, 2.24) is 9.97 Å². The lowest BCUT2D eigenvalue weighted by Gasteiger charge is -2.09. The molecule has 1 aromatic heterocycles. The normalized spacial score (nSPS) is 10.2. The largest absolute Gasteiger partial charge is 0.339 e. The number of aromatic nitrogens is 2. The smallest absolute Gasteiger partial charge is 0.275 e. The number of benzene rings is 2. The van der Waals surface area contributed by atoms with E-state index in [1.807, 2.05) is 0 Å². The third-order valence-electron chi connectivity index (χ3n) is 3.52. The standard InChI is InChI=1S/C19H15F2N5O2/c1-11(27)24-13-3-2-4-14(8-13)25-18-10-22-17(9-23-18)19(28)26-16-6-5-12(20)7-15(16)21/h2-10H,1H3,(H,23,25)(H,24,27)(H,26,28). The fraction of sp³-hybridized carbons (Fsp3) is 0.0526. The highest BCUT2D eigenvalue weighted by Crippen LogP contribution is 2.19. The second-order valence-electron chi connectivity index (χ2n) is 5.75. The van der Waals surface area contributed by atoms with Crippen molar-refractivity contribution < 1.29 is 18.4 Å². The van der Waals surface area contributed by atoms with E-state index >= 15 is 0 Å². The van der Waals surface area contributed by atoms with Crippen LogP contribution >= 0.6 is 0 Å². The summed E-state index contributed by atoms with van der Waals surface area (Å²) in [5.41, 5.74) is 1.07. The molecule has 9 heteroatoms. The molecule has 0 aliphatic carbocycles. The molecule has 3 aromatic rings. The van der Waals surface area contributed by atoms with E-state index in [1.54, 1.807) is 24.3 Å². The molecule has 142 valence electrons. The van der Waals surface area contributed by atoms with Crippen LogP contribution in [0.25, 0.3) is 0 Å². The van der Waals surface area contributed by atoms with Crippen molar-refractivity contribution in [3.63, 3.8) is 0 Å². The number of rotatable bonds is 5. The molecule has 1 heterocycles. The van der Waals surface area contributed by atoms with Gasteiger partial charge in [-0.25, -0.2) is 18.7 Å². The van der Waals surface area contributed by atoms with Gasteiger partial charge < -0.3 is 16.0 Å². The molecule has 0 unspecified atom stereocenters. The third-order valence-corrected chi connectivity index (χ3v) is 3.52. The molecule has 0 saturated carbocycles. The van der Waals surface area contributed by atoms with E-state index in [1.165, 1.54) is 19.3 Å². The van der Waals surface area contributed by atoms with Crippen LogP contribution in [0.2, 0.25) is 0 Å². The number of nitrogens with one attached hydrogen (secondary N) is 3. The maximum Gasteiger partial charge on any atom is 0.275 e. The van der Waals surface area contributed by atoms with Gasteiger partial charge in [-0.2, -0.15) is 0 Å². The van der Waals surface area contributed by atoms with Gasteiger partial charge in [0.25, 0.3) is 5.91 Å². The molecule has 7 nitrogen and oxygen atoms in total. The molecule has 0 bridgehead atoms. The first kappa shape index (κ1) is 18.9. The summed E-state index contributed by atoms with van der Waals surface area (Å²) in [6.07, 6.45) is 2.55. The van der Waals surface area contributed by atoms with E-state index < -0.39 is 17.5 Å². The summed E-state index contributed by atoms with van der Waals surface area (Å²) in [5.74, 6) is -2.14. The minimum Gasteiger partial charge on any atom is -0.339 e. The Morgan fingerprint density at radius 3 is 2.39 bits per heavy atom. The van der Waals surface area contributed by atoms with Crippen molar-refractivity contribution in [1.29, 1.82) is 0 Å². The van der Waals surface area contributed by atoms with Gasteiger partial charge in [-0.3, -0.25) is 9.59 Å². The first-order chi connectivity index (χ1) is 13.4. The number of carbonyl (C=O) groups excluding carboxylic acids is 2. The van der Waals surface area contributed by atoms with Crippen LogP contribution in [0.4, 0.5) is 31.7 Å². The van der Waals surface area contributed by atoms with Crippen molar-refractivity contribution in [2.24, 2.45) is 0 Å². The van der Waals surface area contributed by atoms with Gasteiger partial charge in [0.1, 0.15) is 23.1 Å². The monoisotopic (exact) mass is 383 g/mol. The van der Waals surface area contributed by atoms with Gasteiger partial charge in [-0.1, -0.05) is 6.07 Å². The van der Waals surface area contributed by atoms with Gasteiger partial charge in [0, 0.05) is 24.4 Å². The molecule has 0 aliphatic heterocycles. The maximum absolute atomic E-state index is 13.6. The summed E-state index contributed by atoms with van der Waals surface area (Å²) >= 11 is 0. The predicted octanol–water partition coefficient (Wildman–Crippen LogP) is 3.71. The minimum atomic E-state index is -0.890. The van der Waals surface area contributed by atoms with Crippen LogP contribution in [-0.2, 0) is 4.79 Å². The lowest BCUT2D eigenvalue weighted by atomic mass is 10.2. The first-order valence-corrected chi connectivity index (χ1v) is 8.14. The Bertz CT molecular complexity index is 1030. The zero-order valence-electron chi connectivity index (χ0n) is 14.7. The lowest BCUT2D eigenvalue weighted by Crippen LogP contribution is -2.15. The summed E-state index contributed by atoms with van der Waals surface area (Å²) in [4.78, 5) is 31.3. The van der Waals surface area contributed by atoms with E-state index in [0.29, 0.717) is 23.3 Å². The fourth-order valence-electron chi connectivity index (χ4n) is 2.31. The van der Waals surface area contributed by atoms with Crippen molar-refractivity contribution in [2.75, 3.05) is 16.0 Å².